The van der Waals surface area contributed by atoms with E-state index in [1.807, 2.05) is 0 Å². The molecule has 19 heavy (non-hydrogen) atoms. The van der Waals surface area contributed by atoms with Gasteiger partial charge in [-0.2, -0.15) is 0 Å². The molecule has 0 bridgehead atoms. The van der Waals surface area contributed by atoms with E-state index in [1.165, 1.54) is 13.2 Å². The van der Waals surface area contributed by atoms with Crippen molar-refractivity contribution in [3.8, 4) is 0 Å². The lowest BCUT2D eigenvalue weighted by Gasteiger charge is -2.06. The number of allylic oxidation sites excluding steroid dienone is 2. The first-order chi connectivity index (χ1) is 8.95. The van der Waals surface area contributed by atoms with E-state index in [1.54, 1.807) is 13.8 Å². The number of halogens is 1. The lowest BCUT2D eigenvalue weighted by atomic mass is 10.1. The van der Waals surface area contributed by atoms with Gasteiger partial charge in [0.2, 0.25) is 0 Å². The summed E-state index contributed by atoms with van der Waals surface area (Å²) in [4.78, 5) is 22.3. The van der Waals surface area contributed by atoms with Gasteiger partial charge in [0.15, 0.2) is 5.82 Å². The monoisotopic (exact) mass is 272 g/mol. The number of aryl methyl sites for hydroxylation is 1. The van der Waals surface area contributed by atoms with E-state index in [-0.39, 0.29) is 18.4 Å². The number of hydrogen-bond donors (Lipinski definition) is 0. The van der Waals surface area contributed by atoms with E-state index in [4.69, 9.17) is 0 Å². The Hall–Kier alpha value is -1.92. The van der Waals surface area contributed by atoms with Crippen LogP contribution in [-0.2, 0) is 16.1 Å². The molecule has 0 radical (unpaired) electrons. The standard InChI is InChI=1S/C12H17FN2O4/c1-8(11(16)18-3)5-4-6-10(13)7-15-9(2)14-19-12(15)17/h6,8H,4-5,7H2,1-3H3/b10-6-. The number of carbonyl (C=O) groups excluding carboxylic acids is 1. The molecule has 0 aromatic carbocycles. The van der Waals surface area contributed by atoms with E-state index in [0.717, 1.165) is 4.57 Å². The third-order valence-electron chi connectivity index (χ3n) is 2.75. The summed E-state index contributed by atoms with van der Waals surface area (Å²) in [5.41, 5.74) is 0. The van der Waals surface area contributed by atoms with E-state index in [0.29, 0.717) is 18.7 Å². The summed E-state index contributed by atoms with van der Waals surface area (Å²) < 4.78 is 23.6. The summed E-state index contributed by atoms with van der Waals surface area (Å²) in [5.74, 6) is -1.44. The molecule has 1 aromatic heterocycles. The van der Waals surface area contributed by atoms with Gasteiger partial charge < -0.3 is 4.74 Å². The Bertz CT molecular complexity index is 518. The Morgan fingerprint density at radius 1 is 1.63 bits per heavy atom. The second kappa shape index (κ2) is 6.86. The fourth-order valence-corrected chi connectivity index (χ4v) is 1.54. The van der Waals surface area contributed by atoms with Crippen LogP contribution < -0.4 is 5.76 Å². The SMILES string of the molecule is COC(=O)C(C)CC/C=C(\F)Cn1c(C)noc1=O. The molecular weight excluding hydrogens is 255 g/mol. The van der Waals surface area contributed by atoms with Gasteiger partial charge in [0, 0.05) is 0 Å². The van der Waals surface area contributed by atoms with Gasteiger partial charge in [-0.25, -0.2) is 9.18 Å². The average molecular weight is 272 g/mol. The molecule has 0 aliphatic rings. The van der Waals surface area contributed by atoms with Crippen LogP contribution in [0.1, 0.15) is 25.6 Å². The van der Waals surface area contributed by atoms with Crippen LogP contribution in [0.25, 0.3) is 0 Å². The van der Waals surface area contributed by atoms with Gasteiger partial charge in [0.05, 0.1) is 19.6 Å². The highest BCUT2D eigenvalue weighted by atomic mass is 19.1. The molecule has 1 aromatic rings. The highest BCUT2D eigenvalue weighted by molar-refractivity contribution is 5.71. The molecule has 0 spiro atoms. The van der Waals surface area contributed by atoms with E-state index in [9.17, 15) is 14.0 Å². The Kier molecular flexibility index (Phi) is 5.47. The fraction of sp³-hybridized carbons (Fsp3) is 0.583. The van der Waals surface area contributed by atoms with E-state index >= 15 is 0 Å². The van der Waals surface area contributed by atoms with Crippen molar-refractivity contribution < 1.29 is 18.4 Å². The molecule has 0 N–H and O–H groups in total. The molecule has 1 heterocycles. The molecule has 1 atom stereocenters. The predicted octanol–water partition coefficient (Wildman–Crippen LogP) is 1.59. The number of esters is 1. The minimum Gasteiger partial charge on any atom is -0.469 e. The maximum atomic E-state index is 13.6. The highest BCUT2D eigenvalue weighted by Crippen LogP contribution is 2.11. The molecule has 1 unspecified atom stereocenters. The molecule has 6 nitrogen and oxygen atoms in total. The third kappa shape index (κ3) is 4.35. The second-order valence-corrected chi connectivity index (χ2v) is 4.23. The number of nitrogens with zero attached hydrogens (tertiary/aromatic N) is 2. The van der Waals surface area contributed by atoms with Gasteiger partial charge >= 0.3 is 11.7 Å². The van der Waals surface area contributed by atoms with Crippen LogP contribution in [-0.4, -0.2) is 22.8 Å². The molecule has 0 aliphatic heterocycles. The minimum absolute atomic E-state index is 0.208. The highest BCUT2D eigenvalue weighted by Gasteiger charge is 2.12. The van der Waals surface area contributed by atoms with Gasteiger partial charge in [-0.3, -0.25) is 13.9 Å². The maximum absolute atomic E-state index is 13.6. The van der Waals surface area contributed by atoms with Crippen LogP contribution in [0.3, 0.4) is 0 Å². The fourth-order valence-electron chi connectivity index (χ4n) is 1.54. The Labute approximate surface area is 109 Å². The number of methoxy groups -OCH3 is 1. The number of ether oxygens (including phenoxy) is 1. The van der Waals surface area contributed by atoms with Gasteiger partial charge in [-0.05, 0) is 19.8 Å². The largest absolute Gasteiger partial charge is 0.469 e. The molecule has 0 saturated carbocycles. The summed E-state index contributed by atoms with van der Waals surface area (Å²) in [6.45, 7) is 3.06. The molecule has 0 aliphatic carbocycles. The number of rotatable bonds is 6. The smallest absolute Gasteiger partial charge is 0.441 e. The summed E-state index contributed by atoms with van der Waals surface area (Å²) in [5, 5.41) is 3.43. The lowest BCUT2D eigenvalue weighted by molar-refractivity contribution is -0.145. The van der Waals surface area contributed by atoms with Gasteiger partial charge in [-0.1, -0.05) is 18.2 Å². The zero-order chi connectivity index (χ0) is 14.4. The van der Waals surface area contributed by atoms with Crippen molar-refractivity contribution in [1.29, 1.82) is 0 Å². The van der Waals surface area contributed by atoms with Crippen LogP contribution in [0.15, 0.2) is 21.2 Å². The van der Waals surface area contributed by atoms with Crippen LogP contribution in [0, 0.1) is 12.8 Å². The summed E-state index contributed by atoms with van der Waals surface area (Å²) >= 11 is 0. The van der Waals surface area contributed by atoms with Crippen molar-refractivity contribution in [2.24, 2.45) is 5.92 Å². The molecule has 0 saturated heterocycles. The summed E-state index contributed by atoms with van der Waals surface area (Å²) in [7, 11) is 1.32. The number of hydrogen-bond acceptors (Lipinski definition) is 5. The first-order valence-electron chi connectivity index (χ1n) is 5.91. The van der Waals surface area contributed by atoms with Crippen molar-refractivity contribution in [2.75, 3.05) is 7.11 Å². The van der Waals surface area contributed by atoms with Crippen molar-refractivity contribution in [1.82, 2.24) is 9.72 Å². The average Bonchev–Trinajstić information content (AvgIpc) is 2.69. The first kappa shape index (κ1) is 15.1. The van der Waals surface area contributed by atoms with Gasteiger partial charge in [0.25, 0.3) is 0 Å². The molecule has 0 amide bonds. The number of carbonyl (C=O) groups is 1. The molecule has 0 fully saturated rings. The topological polar surface area (TPSA) is 74.3 Å². The van der Waals surface area contributed by atoms with Gasteiger partial charge in [0.1, 0.15) is 5.83 Å². The van der Waals surface area contributed by atoms with Crippen LogP contribution in [0.4, 0.5) is 4.39 Å². The van der Waals surface area contributed by atoms with Crippen molar-refractivity contribution in [3.63, 3.8) is 0 Å². The zero-order valence-electron chi connectivity index (χ0n) is 11.2. The Morgan fingerprint density at radius 3 is 2.84 bits per heavy atom. The molecule has 106 valence electrons. The second-order valence-electron chi connectivity index (χ2n) is 4.23. The first-order valence-corrected chi connectivity index (χ1v) is 5.91. The van der Waals surface area contributed by atoms with Crippen LogP contribution in [0.5, 0.6) is 0 Å². The molecule has 7 heteroatoms. The van der Waals surface area contributed by atoms with Crippen LogP contribution >= 0.6 is 0 Å². The van der Waals surface area contributed by atoms with Crippen LogP contribution in [0.2, 0.25) is 0 Å². The third-order valence-corrected chi connectivity index (χ3v) is 2.75. The van der Waals surface area contributed by atoms with E-state index < -0.39 is 11.6 Å². The van der Waals surface area contributed by atoms with Crippen molar-refractivity contribution in [3.05, 3.63) is 28.3 Å². The Morgan fingerprint density at radius 2 is 2.32 bits per heavy atom. The maximum Gasteiger partial charge on any atom is 0.441 e. The predicted molar refractivity (Wildman–Crippen MR) is 65.1 cm³/mol. The van der Waals surface area contributed by atoms with Crippen molar-refractivity contribution in [2.45, 2.75) is 33.2 Å². The molecular formula is C12H17FN2O4. The Balaban J connectivity index is 2.50. The number of aromatic nitrogens is 2. The quantitative estimate of drug-likeness (QED) is 0.735. The lowest BCUT2D eigenvalue weighted by Crippen LogP contribution is -2.16. The summed E-state index contributed by atoms with van der Waals surface area (Å²) in [6, 6.07) is 0. The normalized spacial score (nSPS) is 13.4. The minimum atomic E-state index is -0.691. The van der Waals surface area contributed by atoms with Crippen molar-refractivity contribution >= 4 is 5.97 Å². The summed E-state index contributed by atoms with van der Waals surface area (Å²) in [6.07, 6.45) is 2.22. The van der Waals surface area contributed by atoms with Gasteiger partial charge in [-0.15, -0.1) is 0 Å². The molecule has 1 rings (SSSR count). The zero-order valence-corrected chi connectivity index (χ0v) is 11.2. The van der Waals surface area contributed by atoms with E-state index in [2.05, 4.69) is 14.4 Å².